The number of esters is 1. The molecule has 8 nitrogen and oxygen atoms in total. The lowest BCUT2D eigenvalue weighted by Crippen LogP contribution is -2.14. The van der Waals surface area contributed by atoms with Crippen molar-refractivity contribution in [1.82, 2.24) is 0 Å². The number of nitrogens with zero attached hydrogens (tertiary/aromatic N) is 1. The Kier molecular flexibility index (Phi) is 5.78. The summed E-state index contributed by atoms with van der Waals surface area (Å²) >= 11 is 3.70. The molecule has 0 fully saturated rings. The van der Waals surface area contributed by atoms with Gasteiger partial charge in [-0.25, -0.2) is 4.79 Å². The fraction of sp³-hybridized carbons (Fsp3) is 0.273. The molecule has 0 spiro atoms. The Morgan fingerprint density at radius 2 is 2.05 bits per heavy atom. The van der Waals surface area contributed by atoms with Crippen LogP contribution in [0.3, 0.4) is 0 Å². The number of non-ortho nitro benzene ring substituents is 1. The van der Waals surface area contributed by atoms with E-state index in [4.69, 9.17) is 9.84 Å². The van der Waals surface area contributed by atoms with E-state index in [2.05, 4.69) is 17.4 Å². The Labute approximate surface area is 118 Å². The average molecular weight is 301 g/mol. The number of carboxylic acids is 1. The van der Waals surface area contributed by atoms with Crippen molar-refractivity contribution in [2.75, 3.05) is 19.0 Å². The van der Waals surface area contributed by atoms with E-state index in [1.807, 2.05) is 0 Å². The van der Waals surface area contributed by atoms with Gasteiger partial charge in [-0.2, -0.15) is 12.6 Å². The van der Waals surface area contributed by atoms with Crippen LogP contribution in [0.15, 0.2) is 18.2 Å². The van der Waals surface area contributed by atoms with Gasteiger partial charge in [0.05, 0.1) is 16.7 Å². The molecule has 108 valence electrons. The molecule has 0 aliphatic rings. The maximum Gasteiger partial charge on any atom is 0.339 e. The highest BCUT2D eigenvalue weighted by atomic mass is 32.1. The molecule has 1 rings (SSSR count). The van der Waals surface area contributed by atoms with Gasteiger partial charge >= 0.3 is 11.9 Å². The molecule has 9 heteroatoms. The molecular weight excluding hydrogens is 290 g/mol. The molecule has 0 aliphatic carbocycles. The van der Waals surface area contributed by atoms with Crippen LogP contribution in [0.5, 0.6) is 5.75 Å². The van der Waals surface area contributed by atoms with Crippen molar-refractivity contribution >= 4 is 30.3 Å². The summed E-state index contributed by atoms with van der Waals surface area (Å²) in [4.78, 5) is 31.7. The molecule has 0 aromatic heterocycles. The number of carbonyl (C=O) groups is 2. The Morgan fingerprint density at radius 1 is 1.35 bits per heavy atom. The number of nitro groups is 1. The van der Waals surface area contributed by atoms with Crippen LogP contribution in [0.2, 0.25) is 0 Å². The number of hydrogen-bond donors (Lipinski definition) is 2. The summed E-state index contributed by atoms with van der Waals surface area (Å²) in [5, 5.41) is 19.5. The van der Waals surface area contributed by atoms with Gasteiger partial charge in [-0.3, -0.25) is 14.9 Å². The highest BCUT2D eigenvalue weighted by Crippen LogP contribution is 2.24. The lowest BCUT2D eigenvalue weighted by Gasteiger charge is -2.09. The van der Waals surface area contributed by atoms with Crippen molar-refractivity contribution in [1.29, 1.82) is 0 Å². The SMILES string of the molecule is O=C(CS)OCCOc1cc([N+](=O)[O-])ccc1C(=O)O. The van der Waals surface area contributed by atoms with Crippen molar-refractivity contribution in [3.05, 3.63) is 33.9 Å². The van der Waals surface area contributed by atoms with E-state index in [9.17, 15) is 19.7 Å². The van der Waals surface area contributed by atoms with Crippen molar-refractivity contribution in [3.63, 3.8) is 0 Å². The van der Waals surface area contributed by atoms with E-state index in [-0.39, 0.29) is 36.0 Å². The Balaban J connectivity index is 2.75. The standard InChI is InChI=1S/C11H11NO7S/c13-10(6-20)19-4-3-18-9-5-7(12(16)17)1-2-8(9)11(14)15/h1-2,5,20H,3-4,6H2,(H,14,15). The molecule has 0 amide bonds. The zero-order valence-corrected chi connectivity index (χ0v) is 11.0. The normalized spacial score (nSPS) is 9.85. The van der Waals surface area contributed by atoms with Crippen LogP contribution in [0.25, 0.3) is 0 Å². The molecule has 0 unspecified atom stereocenters. The minimum Gasteiger partial charge on any atom is -0.489 e. The van der Waals surface area contributed by atoms with Crippen LogP contribution in [0.4, 0.5) is 5.69 Å². The third-order valence-corrected chi connectivity index (χ3v) is 2.40. The van der Waals surface area contributed by atoms with Gasteiger partial charge in [-0.05, 0) is 6.07 Å². The minimum atomic E-state index is -1.28. The molecule has 0 aliphatic heterocycles. The summed E-state index contributed by atoms with van der Waals surface area (Å²) in [5.41, 5.74) is -0.506. The second kappa shape index (κ2) is 7.34. The van der Waals surface area contributed by atoms with Gasteiger partial charge in [-0.1, -0.05) is 0 Å². The first-order chi connectivity index (χ1) is 9.45. The van der Waals surface area contributed by atoms with Crippen molar-refractivity contribution in [2.24, 2.45) is 0 Å². The number of aromatic carboxylic acids is 1. The van der Waals surface area contributed by atoms with Gasteiger partial charge in [-0.15, -0.1) is 0 Å². The molecule has 20 heavy (non-hydrogen) atoms. The lowest BCUT2D eigenvalue weighted by atomic mass is 10.2. The Bertz CT molecular complexity index is 532. The molecule has 1 N–H and O–H groups in total. The number of rotatable bonds is 7. The first-order valence-corrected chi connectivity index (χ1v) is 6.00. The van der Waals surface area contributed by atoms with Gasteiger partial charge in [0.25, 0.3) is 5.69 Å². The average Bonchev–Trinajstić information content (AvgIpc) is 2.42. The molecule has 0 saturated carbocycles. The molecule has 1 aromatic rings. The summed E-state index contributed by atoms with van der Waals surface area (Å²) in [5.74, 6) is -2.07. The maximum atomic E-state index is 10.9. The Hall–Kier alpha value is -2.29. The third kappa shape index (κ3) is 4.43. The lowest BCUT2D eigenvalue weighted by molar-refractivity contribution is -0.384. The number of hydrogen-bond acceptors (Lipinski definition) is 7. The minimum absolute atomic E-state index is 0.0861. The number of benzene rings is 1. The molecule has 0 heterocycles. The number of thiol groups is 1. The van der Waals surface area contributed by atoms with Crippen LogP contribution in [0.1, 0.15) is 10.4 Å². The van der Waals surface area contributed by atoms with Crippen LogP contribution in [0, 0.1) is 10.1 Å². The van der Waals surface area contributed by atoms with Crippen LogP contribution in [-0.2, 0) is 9.53 Å². The van der Waals surface area contributed by atoms with E-state index in [0.717, 1.165) is 18.2 Å². The summed E-state index contributed by atoms with van der Waals surface area (Å²) in [6.07, 6.45) is 0. The molecular formula is C11H11NO7S. The van der Waals surface area contributed by atoms with E-state index in [1.54, 1.807) is 0 Å². The van der Waals surface area contributed by atoms with Crippen molar-refractivity contribution in [3.8, 4) is 5.75 Å². The zero-order valence-electron chi connectivity index (χ0n) is 10.1. The van der Waals surface area contributed by atoms with E-state index in [0.29, 0.717) is 0 Å². The maximum absolute atomic E-state index is 10.9. The number of carboxylic acid groups (broad SMARTS) is 1. The zero-order chi connectivity index (χ0) is 15.1. The highest BCUT2D eigenvalue weighted by molar-refractivity contribution is 7.81. The first kappa shape index (κ1) is 15.8. The second-order valence-electron chi connectivity index (χ2n) is 3.47. The van der Waals surface area contributed by atoms with Gasteiger partial charge in [0.2, 0.25) is 0 Å². The molecule has 1 aromatic carbocycles. The predicted octanol–water partition coefficient (Wildman–Crippen LogP) is 1.14. The Morgan fingerprint density at radius 3 is 2.60 bits per heavy atom. The predicted molar refractivity (Wildman–Crippen MR) is 70.4 cm³/mol. The first-order valence-electron chi connectivity index (χ1n) is 5.36. The van der Waals surface area contributed by atoms with E-state index in [1.165, 1.54) is 0 Å². The summed E-state index contributed by atoms with van der Waals surface area (Å²) in [6, 6.07) is 3.15. The van der Waals surface area contributed by atoms with Crippen LogP contribution < -0.4 is 4.74 Å². The number of nitro benzene ring substituents is 1. The van der Waals surface area contributed by atoms with Gasteiger partial charge in [0, 0.05) is 6.07 Å². The third-order valence-electron chi connectivity index (χ3n) is 2.14. The fourth-order valence-electron chi connectivity index (χ4n) is 1.27. The summed E-state index contributed by atoms with van der Waals surface area (Å²) in [6.45, 7) is -0.234. The monoisotopic (exact) mass is 301 g/mol. The summed E-state index contributed by atoms with van der Waals surface area (Å²) in [7, 11) is 0. The quantitative estimate of drug-likeness (QED) is 0.255. The second-order valence-corrected chi connectivity index (χ2v) is 3.79. The van der Waals surface area contributed by atoms with E-state index < -0.39 is 16.9 Å². The number of carbonyl (C=O) groups excluding carboxylic acids is 1. The fourth-order valence-corrected chi connectivity index (χ4v) is 1.36. The largest absolute Gasteiger partial charge is 0.489 e. The van der Waals surface area contributed by atoms with Crippen LogP contribution >= 0.6 is 12.6 Å². The van der Waals surface area contributed by atoms with E-state index >= 15 is 0 Å². The number of ether oxygens (including phenoxy) is 2. The van der Waals surface area contributed by atoms with Crippen molar-refractivity contribution < 1.29 is 29.1 Å². The smallest absolute Gasteiger partial charge is 0.339 e. The van der Waals surface area contributed by atoms with Gasteiger partial charge < -0.3 is 14.6 Å². The van der Waals surface area contributed by atoms with Crippen LogP contribution in [-0.4, -0.2) is 40.9 Å². The van der Waals surface area contributed by atoms with Gasteiger partial charge in [0.1, 0.15) is 24.5 Å². The molecule has 0 bridgehead atoms. The highest BCUT2D eigenvalue weighted by Gasteiger charge is 2.16. The topological polar surface area (TPSA) is 116 Å². The molecule has 0 radical (unpaired) electrons. The van der Waals surface area contributed by atoms with Gasteiger partial charge in [0.15, 0.2) is 0 Å². The van der Waals surface area contributed by atoms with Crippen molar-refractivity contribution in [2.45, 2.75) is 0 Å². The summed E-state index contributed by atoms with van der Waals surface area (Å²) < 4.78 is 9.77. The molecule has 0 saturated heterocycles. The molecule has 0 atom stereocenters.